The second-order valence-corrected chi connectivity index (χ2v) is 5.44. The van der Waals surface area contributed by atoms with E-state index in [4.69, 9.17) is 5.11 Å². The van der Waals surface area contributed by atoms with E-state index in [-0.39, 0.29) is 5.56 Å². The minimum atomic E-state index is -1.01. The first kappa shape index (κ1) is 15.6. The third-order valence-electron chi connectivity index (χ3n) is 3.19. The maximum Gasteiger partial charge on any atom is 0.335 e. The van der Waals surface area contributed by atoms with Crippen molar-refractivity contribution < 1.29 is 14.7 Å². The van der Waals surface area contributed by atoms with E-state index in [1.807, 2.05) is 17.5 Å². The van der Waals surface area contributed by atoms with Crippen LogP contribution in [0, 0.1) is 0 Å². The lowest BCUT2D eigenvalue weighted by atomic mass is 10.1. The van der Waals surface area contributed by atoms with E-state index in [2.05, 4.69) is 20.2 Å². The van der Waals surface area contributed by atoms with Crippen LogP contribution in [0.15, 0.2) is 53.9 Å². The second kappa shape index (κ2) is 6.88. The van der Waals surface area contributed by atoms with Crippen molar-refractivity contribution in [1.82, 2.24) is 9.59 Å². The summed E-state index contributed by atoms with van der Waals surface area (Å²) in [4.78, 5) is 22.7. The standard InChI is InChI=1S/C16H12N4O3S/c21-15(22)11-3-7-13(8-4-11)18-16(23)17-12-5-1-10(2-6-12)14-9-24-20-19-14/h1-9H,(H,21,22)(H2,17,18,23). The maximum absolute atomic E-state index is 12.0. The molecule has 2 amide bonds. The predicted octanol–water partition coefficient (Wildman–Crippen LogP) is 3.55. The smallest absolute Gasteiger partial charge is 0.335 e. The molecule has 0 aliphatic rings. The van der Waals surface area contributed by atoms with Gasteiger partial charge in [0.2, 0.25) is 0 Å². The van der Waals surface area contributed by atoms with Gasteiger partial charge in [0, 0.05) is 22.3 Å². The monoisotopic (exact) mass is 340 g/mol. The average Bonchev–Trinajstić information content (AvgIpc) is 3.10. The number of aromatic carboxylic acids is 1. The van der Waals surface area contributed by atoms with Crippen molar-refractivity contribution >= 4 is 34.9 Å². The number of amides is 2. The van der Waals surface area contributed by atoms with Crippen molar-refractivity contribution in [3.05, 3.63) is 59.5 Å². The molecule has 0 spiro atoms. The Bertz CT molecular complexity index is 846. The van der Waals surface area contributed by atoms with Gasteiger partial charge in [-0.05, 0) is 47.9 Å². The third-order valence-corrected chi connectivity index (χ3v) is 3.69. The number of nitrogens with zero attached hydrogens (tertiary/aromatic N) is 2. The van der Waals surface area contributed by atoms with Crippen LogP contribution in [0.3, 0.4) is 0 Å². The quantitative estimate of drug-likeness (QED) is 0.674. The molecule has 0 radical (unpaired) electrons. The van der Waals surface area contributed by atoms with E-state index in [0.717, 1.165) is 11.3 Å². The molecule has 7 nitrogen and oxygen atoms in total. The van der Waals surface area contributed by atoms with Crippen molar-refractivity contribution in [1.29, 1.82) is 0 Å². The lowest BCUT2D eigenvalue weighted by Crippen LogP contribution is -2.19. The number of carboxylic acids is 1. The van der Waals surface area contributed by atoms with Gasteiger partial charge < -0.3 is 15.7 Å². The summed E-state index contributed by atoms with van der Waals surface area (Å²) in [5.74, 6) is -1.01. The van der Waals surface area contributed by atoms with Gasteiger partial charge in [0.05, 0.1) is 5.56 Å². The van der Waals surface area contributed by atoms with Gasteiger partial charge in [-0.2, -0.15) is 0 Å². The molecule has 0 atom stereocenters. The number of aromatic nitrogens is 2. The first-order valence-corrected chi connectivity index (χ1v) is 7.74. The molecule has 0 unspecified atom stereocenters. The number of carbonyl (C=O) groups is 2. The SMILES string of the molecule is O=C(Nc1ccc(C(=O)O)cc1)Nc1ccc(-c2csnn2)cc1. The molecular formula is C16H12N4O3S. The molecule has 24 heavy (non-hydrogen) atoms. The average molecular weight is 340 g/mol. The highest BCUT2D eigenvalue weighted by atomic mass is 32.1. The Balaban J connectivity index is 1.61. The van der Waals surface area contributed by atoms with Gasteiger partial charge in [-0.1, -0.05) is 16.6 Å². The Morgan fingerprint density at radius 1 is 0.917 bits per heavy atom. The van der Waals surface area contributed by atoms with Crippen LogP contribution >= 0.6 is 11.5 Å². The zero-order valence-electron chi connectivity index (χ0n) is 12.3. The Morgan fingerprint density at radius 2 is 1.50 bits per heavy atom. The lowest BCUT2D eigenvalue weighted by Gasteiger charge is -2.08. The Kier molecular flexibility index (Phi) is 4.48. The number of anilines is 2. The molecule has 3 aromatic rings. The molecule has 120 valence electrons. The number of urea groups is 1. The number of benzene rings is 2. The largest absolute Gasteiger partial charge is 0.478 e. The van der Waals surface area contributed by atoms with Crippen LogP contribution in [0.1, 0.15) is 10.4 Å². The topological polar surface area (TPSA) is 104 Å². The van der Waals surface area contributed by atoms with E-state index >= 15 is 0 Å². The first-order valence-electron chi connectivity index (χ1n) is 6.91. The molecule has 0 aliphatic heterocycles. The van der Waals surface area contributed by atoms with Crippen molar-refractivity contribution in [3.63, 3.8) is 0 Å². The van der Waals surface area contributed by atoms with Crippen molar-refractivity contribution in [2.75, 3.05) is 10.6 Å². The summed E-state index contributed by atoms with van der Waals surface area (Å²) in [5.41, 5.74) is 2.99. The van der Waals surface area contributed by atoms with Gasteiger partial charge >= 0.3 is 12.0 Å². The molecule has 2 aromatic carbocycles. The van der Waals surface area contributed by atoms with Gasteiger partial charge in [-0.25, -0.2) is 9.59 Å². The number of carboxylic acid groups (broad SMARTS) is 1. The Labute approximate surface area is 141 Å². The minimum absolute atomic E-state index is 0.160. The van der Waals surface area contributed by atoms with Crippen molar-refractivity contribution in [3.8, 4) is 11.3 Å². The molecule has 0 aliphatic carbocycles. The first-order chi connectivity index (χ1) is 11.6. The van der Waals surface area contributed by atoms with E-state index in [9.17, 15) is 9.59 Å². The van der Waals surface area contributed by atoms with Crippen LogP contribution in [-0.4, -0.2) is 26.7 Å². The molecule has 0 bridgehead atoms. The molecule has 1 aromatic heterocycles. The van der Waals surface area contributed by atoms with E-state index in [0.29, 0.717) is 11.4 Å². The summed E-state index contributed by atoms with van der Waals surface area (Å²) in [7, 11) is 0. The predicted molar refractivity (Wildman–Crippen MR) is 91.4 cm³/mol. The van der Waals surface area contributed by atoms with Gasteiger partial charge in [-0.15, -0.1) is 5.10 Å². The van der Waals surface area contributed by atoms with Gasteiger partial charge in [-0.3, -0.25) is 0 Å². The zero-order chi connectivity index (χ0) is 16.9. The number of hydrogen-bond donors (Lipinski definition) is 3. The normalized spacial score (nSPS) is 10.2. The Hall–Kier alpha value is -3.26. The van der Waals surface area contributed by atoms with Crippen LogP contribution in [0.5, 0.6) is 0 Å². The molecular weight excluding hydrogens is 328 g/mol. The number of carbonyl (C=O) groups excluding carboxylic acids is 1. The molecule has 0 saturated carbocycles. The lowest BCUT2D eigenvalue weighted by molar-refractivity contribution is 0.0697. The summed E-state index contributed by atoms with van der Waals surface area (Å²) in [5, 5.41) is 20.0. The number of hydrogen-bond acceptors (Lipinski definition) is 5. The molecule has 0 fully saturated rings. The summed E-state index contributed by atoms with van der Waals surface area (Å²) in [6.07, 6.45) is 0. The highest BCUT2D eigenvalue weighted by Crippen LogP contribution is 2.20. The summed E-state index contributed by atoms with van der Waals surface area (Å²) < 4.78 is 3.81. The number of nitrogens with one attached hydrogen (secondary N) is 2. The molecule has 8 heteroatoms. The van der Waals surface area contributed by atoms with Crippen molar-refractivity contribution in [2.45, 2.75) is 0 Å². The Morgan fingerprint density at radius 3 is 2.00 bits per heavy atom. The number of rotatable bonds is 4. The van der Waals surface area contributed by atoms with Gasteiger partial charge in [0.15, 0.2) is 0 Å². The van der Waals surface area contributed by atoms with Crippen LogP contribution in [-0.2, 0) is 0 Å². The van der Waals surface area contributed by atoms with Gasteiger partial charge in [0.1, 0.15) is 5.69 Å². The molecule has 0 saturated heterocycles. The van der Waals surface area contributed by atoms with Crippen LogP contribution < -0.4 is 10.6 Å². The van der Waals surface area contributed by atoms with E-state index < -0.39 is 12.0 Å². The fourth-order valence-corrected chi connectivity index (χ4v) is 2.47. The highest BCUT2D eigenvalue weighted by molar-refractivity contribution is 7.03. The summed E-state index contributed by atoms with van der Waals surface area (Å²) in [6, 6.07) is 12.7. The van der Waals surface area contributed by atoms with Crippen LogP contribution in [0.2, 0.25) is 0 Å². The van der Waals surface area contributed by atoms with Crippen LogP contribution in [0.4, 0.5) is 16.2 Å². The molecule has 3 rings (SSSR count). The fraction of sp³-hybridized carbons (Fsp3) is 0. The molecule has 1 heterocycles. The second-order valence-electron chi connectivity index (χ2n) is 4.83. The minimum Gasteiger partial charge on any atom is -0.478 e. The molecule has 3 N–H and O–H groups in total. The highest BCUT2D eigenvalue weighted by Gasteiger charge is 2.06. The fourth-order valence-electron chi connectivity index (χ4n) is 2.00. The van der Waals surface area contributed by atoms with E-state index in [1.54, 1.807) is 12.1 Å². The van der Waals surface area contributed by atoms with E-state index in [1.165, 1.54) is 35.8 Å². The van der Waals surface area contributed by atoms with Crippen LogP contribution in [0.25, 0.3) is 11.3 Å². The van der Waals surface area contributed by atoms with Gasteiger partial charge in [0.25, 0.3) is 0 Å². The zero-order valence-corrected chi connectivity index (χ0v) is 13.1. The van der Waals surface area contributed by atoms with Crippen molar-refractivity contribution in [2.24, 2.45) is 0 Å². The maximum atomic E-state index is 12.0. The third kappa shape index (κ3) is 3.73. The summed E-state index contributed by atoms with van der Waals surface area (Å²) in [6.45, 7) is 0. The summed E-state index contributed by atoms with van der Waals surface area (Å²) >= 11 is 1.28.